The van der Waals surface area contributed by atoms with Gasteiger partial charge in [0.1, 0.15) is 5.82 Å². The maximum Gasteiger partial charge on any atom is 0.173 e. The van der Waals surface area contributed by atoms with Gasteiger partial charge in [-0.1, -0.05) is 17.7 Å². The Hall–Kier alpha value is -0.960. The lowest BCUT2D eigenvalue weighted by Gasteiger charge is -2.12. The normalized spacial score (nSPS) is 11.5. The molecule has 4 heteroatoms. The van der Waals surface area contributed by atoms with E-state index in [0.717, 1.165) is 6.07 Å². The molecule has 0 amide bonds. The molecule has 82 valence electrons. The molecule has 0 saturated carbocycles. The van der Waals surface area contributed by atoms with E-state index in [-0.39, 0.29) is 11.4 Å². The summed E-state index contributed by atoms with van der Waals surface area (Å²) in [5, 5.41) is -0.0584. The van der Waals surface area contributed by atoms with Gasteiger partial charge >= 0.3 is 0 Å². The number of rotatable bonds is 3. The predicted molar refractivity (Wildman–Crippen MR) is 55.3 cm³/mol. The third-order valence-corrected chi connectivity index (χ3v) is 2.30. The second-order valence-corrected chi connectivity index (χ2v) is 4.23. The van der Waals surface area contributed by atoms with Crippen LogP contribution in [0.15, 0.2) is 18.2 Å². The quantitative estimate of drug-likeness (QED) is 0.781. The lowest BCUT2D eigenvalue weighted by Crippen LogP contribution is -2.27. The van der Waals surface area contributed by atoms with Gasteiger partial charge in [-0.15, -0.1) is 0 Å². The molecular formula is C11H11ClF2O. The molecule has 0 heterocycles. The molecular weight excluding hydrogens is 222 g/mol. The van der Waals surface area contributed by atoms with E-state index in [4.69, 9.17) is 11.6 Å². The van der Waals surface area contributed by atoms with Crippen LogP contribution in [-0.2, 0) is 11.2 Å². The van der Waals surface area contributed by atoms with Gasteiger partial charge in [-0.05, 0) is 31.5 Å². The lowest BCUT2D eigenvalue weighted by molar-refractivity contribution is -0.127. The largest absolute Gasteiger partial charge is 0.296 e. The summed E-state index contributed by atoms with van der Waals surface area (Å²) in [5.41, 5.74) is -1.36. The monoisotopic (exact) mass is 232 g/mol. The second-order valence-electron chi connectivity index (χ2n) is 3.82. The van der Waals surface area contributed by atoms with E-state index in [0.29, 0.717) is 5.56 Å². The molecule has 0 spiro atoms. The molecule has 0 N–H and O–H groups in total. The van der Waals surface area contributed by atoms with Crippen LogP contribution in [0.5, 0.6) is 0 Å². The van der Waals surface area contributed by atoms with Crippen LogP contribution in [0.1, 0.15) is 19.4 Å². The van der Waals surface area contributed by atoms with Gasteiger partial charge in [0.2, 0.25) is 0 Å². The second kappa shape index (κ2) is 4.27. The van der Waals surface area contributed by atoms with Crippen molar-refractivity contribution in [3.05, 3.63) is 34.6 Å². The van der Waals surface area contributed by atoms with Crippen molar-refractivity contribution >= 4 is 17.4 Å². The van der Waals surface area contributed by atoms with Crippen LogP contribution in [0.4, 0.5) is 8.78 Å². The van der Waals surface area contributed by atoms with E-state index in [1.54, 1.807) is 0 Å². The summed E-state index contributed by atoms with van der Waals surface area (Å²) in [6.45, 7) is 2.39. The molecule has 0 aliphatic rings. The molecule has 0 bridgehead atoms. The van der Waals surface area contributed by atoms with E-state index in [9.17, 15) is 13.6 Å². The average Bonchev–Trinajstić information content (AvgIpc) is 2.10. The number of halogens is 3. The van der Waals surface area contributed by atoms with Crippen molar-refractivity contribution in [2.45, 2.75) is 25.9 Å². The maximum atomic E-state index is 13.2. The molecule has 1 nitrogen and oxygen atoms in total. The van der Waals surface area contributed by atoms with Gasteiger partial charge in [0.15, 0.2) is 11.5 Å². The number of carbonyl (C=O) groups is 1. The van der Waals surface area contributed by atoms with Gasteiger partial charge in [-0.3, -0.25) is 4.79 Å². The van der Waals surface area contributed by atoms with Crippen molar-refractivity contribution in [1.29, 1.82) is 0 Å². The zero-order valence-electron chi connectivity index (χ0n) is 8.48. The highest BCUT2D eigenvalue weighted by Gasteiger charge is 2.26. The number of benzene rings is 1. The molecule has 0 aliphatic carbocycles. The molecule has 1 aromatic rings. The summed E-state index contributed by atoms with van der Waals surface area (Å²) in [6.07, 6.45) is -0.0799. The summed E-state index contributed by atoms with van der Waals surface area (Å²) in [5.74, 6) is -1.10. The first-order chi connectivity index (χ1) is 6.80. The van der Waals surface area contributed by atoms with Gasteiger partial charge in [0.25, 0.3) is 0 Å². The Morgan fingerprint density at radius 1 is 1.47 bits per heavy atom. The predicted octanol–water partition coefficient (Wildman–Crippen LogP) is 3.34. The molecule has 0 atom stereocenters. The number of hydrogen-bond donors (Lipinski definition) is 0. The fraction of sp³-hybridized carbons (Fsp3) is 0.364. The number of carbonyl (C=O) groups excluding carboxylic acids is 1. The zero-order chi connectivity index (χ0) is 11.6. The van der Waals surface area contributed by atoms with Crippen LogP contribution in [0.25, 0.3) is 0 Å². The molecule has 0 unspecified atom stereocenters. The minimum atomic E-state index is -1.87. The Kier molecular flexibility index (Phi) is 3.45. The summed E-state index contributed by atoms with van der Waals surface area (Å²) >= 11 is 5.53. The zero-order valence-corrected chi connectivity index (χ0v) is 9.24. The molecule has 0 fully saturated rings. The molecule has 15 heavy (non-hydrogen) atoms. The minimum Gasteiger partial charge on any atom is -0.296 e. The molecule has 0 radical (unpaired) electrons. The minimum absolute atomic E-state index is 0.0584. The molecule has 0 aromatic heterocycles. The fourth-order valence-electron chi connectivity index (χ4n) is 1.05. The van der Waals surface area contributed by atoms with Crippen LogP contribution < -0.4 is 0 Å². The highest BCUT2D eigenvalue weighted by atomic mass is 35.5. The highest BCUT2D eigenvalue weighted by molar-refractivity contribution is 6.30. The van der Waals surface area contributed by atoms with Crippen LogP contribution in [-0.4, -0.2) is 11.5 Å². The third kappa shape index (κ3) is 3.27. The molecule has 0 aliphatic heterocycles. The summed E-state index contributed by atoms with van der Waals surface area (Å²) in [6, 6.07) is 3.92. The van der Waals surface area contributed by atoms with Crippen molar-refractivity contribution < 1.29 is 13.6 Å². The standard InChI is InChI=1S/C11H11ClF2O/c1-11(2,14)10(15)6-7-3-4-9(13)8(12)5-7/h3-5H,6H2,1-2H3. The van der Waals surface area contributed by atoms with E-state index < -0.39 is 17.3 Å². The van der Waals surface area contributed by atoms with Gasteiger partial charge in [0, 0.05) is 6.42 Å². The van der Waals surface area contributed by atoms with Crippen LogP contribution in [0, 0.1) is 5.82 Å². The average molecular weight is 233 g/mol. The molecule has 1 aromatic carbocycles. The SMILES string of the molecule is CC(C)(F)C(=O)Cc1ccc(F)c(Cl)c1. The first-order valence-corrected chi connectivity index (χ1v) is 4.84. The maximum absolute atomic E-state index is 13.2. The third-order valence-electron chi connectivity index (χ3n) is 2.01. The Labute approximate surface area is 92.1 Å². The number of alkyl halides is 1. The van der Waals surface area contributed by atoms with E-state index >= 15 is 0 Å². The van der Waals surface area contributed by atoms with E-state index in [2.05, 4.69) is 0 Å². The van der Waals surface area contributed by atoms with E-state index in [1.807, 2.05) is 0 Å². The Morgan fingerprint density at radius 2 is 2.07 bits per heavy atom. The Morgan fingerprint density at radius 3 is 2.53 bits per heavy atom. The van der Waals surface area contributed by atoms with Crippen molar-refractivity contribution in [2.75, 3.05) is 0 Å². The Balaban J connectivity index is 2.83. The summed E-state index contributed by atoms with van der Waals surface area (Å²) in [7, 11) is 0. The smallest absolute Gasteiger partial charge is 0.173 e. The summed E-state index contributed by atoms with van der Waals surface area (Å²) < 4.78 is 26.0. The summed E-state index contributed by atoms with van der Waals surface area (Å²) in [4.78, 5) is 11.3. The van der Waals surface area contributed by atoms with Gasteiger partial charge in [-0.25, -0.2) is 8.78 Å². The van der Waals surface area contributed by atoms with Gasteiger partial charge < -0.3 is 0 Å². The fourth-order valence-corrected chi connectivity index (χ4v) is 1.25. The lowest BCUT2D eigenvalue weighted by atomic mass is 9.99. The van der Waals surface area contributed by atoms with Crippen LogP contribution >= 0.6 is 11.6 Å². The first-order valence-electron chi connectivity index (χ1n) is 4.47. The Bertz CT molecular complexity index is 383. The molecule has 1 rings (SSSR count). The van der Waals surface area contributed by atoms with Gasteiger partial charge in [0.05, 0.1) is 5.02 Å². The topological polar surface area (TPSA) is 17.1 Å². The van der Waals surface area contributed by atoms with Crippen molar-refractivity contribution in [1.82, 2.24) is 0 Å². The van der Waals surface area contributed by atoms with Crippen molar-refractivity contribution in [3.8, 4) is 0 Å². The van der Waals surface area contributed by atoms with Crippen molar-refractivity contribution in [3.63, 3.8) is 0 Å². The number of hydrogen-bond acceptors (Lipinski definition) is 1. The highest BCUT2D eigenvalue weighted by Crippen LogP contribution is 2.19. The van der Waals surface area contributed by atoms with Crippen LogP contribution in [0.2, 0.25) is 5.02 Å². The first kappa shape index (κ1) is 12.1. The number of Topliss-reactive ketones (excluding diaryl/α,β-unsaturated/α-hetero) is 1. The molecule has 0 saturated heterocycles. The number of ketones is 1. The van der Waals surface area contributed by atoms with E-state index in [1.165, 1.54) is 26.0 Å². The van der Waals surface area contributed by atoms with Gasteiger partial charge in [-0.2, -0.15) is 0 Å². The van der Waals surface area contributed by atoms with Crippen molar-refractivity contribution in [2.24, 2.45) is 0 Å². The van der Waals surface area contributed by atoms with Crippen LogP contribution in [0.3, 0.4) is 0 Å².